The third kappa shape index (κ3) is 0.877. The molecule has 0 spiro atoms. The molecule has 0 atom stereocenters. The Bertz CT molecular complexity index is 666. The summed E-state index contributed by atoms with van der Waals surface area (Å²) < 4.78 is 5.00. The van der Waals surface area contributed by atoms with E-state index in [0.717, 1.165) is 16.3 Å². The van der Waals surface area contributed by atoms with Gasteiger partial charge in [0.05, 0.1) is 5.52 Å². The zero-order valence-corrected chi connectivity index (χ0v) is 7.15. The van der Waals surface area contributed by atoms with Crippen molar-refractivity contribution in [2.24, 2.45) is 0 Å². The molecule has 2 heterocycles. The lowest BCUT2D eigenvalue weighted by Gasteiger charge is -1.96. The predicted octanol–water partition coefficient (Wildman–Crippen LogP) is 1.67. The normalized spacial score (nSPS) is 11.1. The highest BCUT2D eigenvalue weighted by atomic mass is 16.4. The van der Waals surface area contributed by atoms with E-state index in [1.54, 1.807) is 18.5 Å². The van der Waals surface area contributed by atoms with E-state index in [2.05, 4.69) is 9.97 Å². The minimum absolute atomic E-state index is 0.448. The molecule has 14 heavy (non-hydrogen) atoms. The van der Waals surface area contributed by atoms with Crippen LogP contribution in [0.4, 0.5) is 0 Å². The maximum Gasteiger partial charge on any atom is 0.416 e. The zero-order chi connectivity index (χ0) is 9.54. The summed E-state index contributed by atoms with van der Waals surface area (Å²) in [6, 6.07) is 5.48. The Hall–Kier alpha value is -2.10. The van der Waals surface area contributed by atoms with Crippen molar-refractivity contribution >= 4 is 21.9 Å². The summed E-state index contributed by atoms with van der Waals surface area (Å²) in [5, 5.41) is 1.86. The number of nitrogens with zero attached hydrogens (tertiary/aromatic N) is 1. The van der Waals surface area contributed by atoms with Gasteiger partial charge in [-0.1, -0.05) is 0 Å². The Kier molecular flexibility index (Phi) is 1.28. The van der Waals surface area contributed by atoms with E-state index in [-0.39, 0.29) is 0 Å². The van der Waals surface area contributed by atoms with Crippen LogP contribution in [-0.4, -0.2) is 9.97 Å². The highest BCUT2D eigenvalue weighted by Crippen LogP contribution is 2.22. The van der Waals surface area contributed by atoms with Crippen molar-refractivity contribution in [3.05, 3.63) is 41.1 Å². The van der Waals surface area contributed by atoms with Gasteiger partial charge in [0.25, 0.3) is 0 Å². The minimum atomic E-state index is -0.448. The number of hydrogen-bond donors (Lipinski definition) is 1. The molecule has 1 aromatic carbocycles. The summed E-state index contributed by atoms with van der Waals surface area (Å²) in [7, 11) is 0. The molecule has 0 aliphatic rings. The third-order valence-corrected chi connectivity index (χ3v) is 2.22. The highest BCUT2D eigenvalue weighted by Gasteiger charge is 2.03. The molecule has 1 N–H and O–H groups in total. The van der Waals surface area contributed by atoms with E-state index in [1.165, 1.54) is 0 Å². The van der Waals surface area contributed by atoms with E-state index in [4.69, 9.17) is 4.42 Å². The smallest absolute Gasteiger partial charge is 0.409 e. The number of fused-ring (bicyclic) bond motifs is 3. The van der Waals surface area contributed by atoms with Gasteiger partial charge in [-0.05, 0) is 18.2 Å². The Morgan fingerprint density at radius 2 is 2.14 bits per heavy atom. The van der Waals surface area contributed by atoms with E-state index in [0.29, 0.717) is 5.58 Å². The number of aromatic amines is 1. The van der Waals surface area contributed by atoms with Gasteiger partial charge >= 0.3 is 5.76 Å². The van der Waals surface area contributed by atoms with E-state index < -0.39 is 5.76 Å². The van der Waals surface area contributed by atoms with Crippen LogP contribution in [0, 0.1) is 0 Å². The molecule has 0 unspecified atom stereocenters. The molecule has 0 amide bonds. The molecule has 2 aromatic heterocycles. The molecule has 3 aromatic rings. The van der Waals surface area contributed by atoms with Crippen LogP contribution in [0.2, 0.25) is 0 Å². The van der Waals surface area contributed by atoms with Crippen molar-refractivity contribution in [3.8, 4) is 0 Å². The van der Waals surface area contributed by atoms with Crippen molar-refractivity contribution in [1.82, 2.24) is 9.97 Å². The molecule has 0 fully saturated rings. The highest BCUT2D eigenvalue weighted by molar-refractivity contribution is 6.03. The molecule has 3 rings (SSSR count). The minimum Gasteiger partial charge on any atom is -0.409 e. The maximum atomic E-state index is 10.9. The first-order valence-corrected chi connectivity index (χ1v) is 4.20. The lowest BCUT2D eigenvalue weighted by Crippen LogP contribution is -2.01. The SMILES string of the molecule is O=c1[nH]cc2c(ccc3nccc32)o1. The Morgan fingerprint density at radius 3 is 3.07 bits per heavy atom. The van der Waals surface area contributed by atoms with Crippen LogP contribution in [0.3, 0.4) is 0 Å². The summed E-state index contributed by atoms with van der Waals surface area (Å²) in [6.45, 7) is 0. The van der Waals surface area contributed by atoms with Gasteiger partial charge in [-0.3, -0.25) is 9.97 Å². The summed E-state index contributed by atoms with van der Waals surface area (Å²) >= 11 is 0. The molecule has 4 nitrogen and oxygen atoms in total. The molecule has 0 aliphatic heterocycles. The van der Waals surface area contributed by atoms with Gasteiger partial charge in [-0.15, -0.1) is 0 Å². The monoisotopic (exact) mass is 186 g/mol. The molecule has 0 saturated carbocycles. The van der Waals surface area contributed by atoms with Gasteiger partial charge in [0.1, 0.15) is 5.58 Å². The number of aromatic nitrogens is 2. The fourth-order valence-electron chi connectivity index (χ4n) is 1.58. The van der Waals surface area contributed by atoms with Crippen molar-refractivity contribution in [2.75, 3.05) is 0 Å². The molecule has 0 saturated heterocycles. The van der Waals surface area contributed by atoms with E-state index in [1.807, 2.05) is 12.1 Å². The van der Waals surface area contributed by atoms with Crippen molar-refractivity contribution < 1.29 is 4.42 Å². The van der Waals surface area contributed by atoms with Gasteiger partial charge in [-0.25, -0.2) is 4.79 Å². The van der Waals surface area contributed by atoms with Crippen LogP contribution in [0.5, 0.6) is 0 Å². The van der Waals surface area contributed by atoms with Crippen molar-refractivity contribution in [3.63, 3.8) is 0 Å². The first kappa shape index (κ1) is 7.32. The standard InChI is InChI=1S/C10H6N2O2/c13-10-12-5-7-6-3-4-11-8(6)1-2-9(7)14-10/h1-5H,(H,12,13). The molecular weight excluding hydrogens is 180 g/mol. The molecule has 68 valence electrons. The molecular formula is C10H6N2O2. The molecule has 0 aliphatic carbocycles. The number of nitrogens with one attached hydrogen (secondary N) is 1. The molecule has 4 heteroatoms. The average molecular weight is 186 g/mol. The first-order valence-electron chi connectivity index (χ1n) is 4.20. The summed E-state index contributed by atoms with van der Waals surface area (Å²) in [6.07, 6.45) is 3.38. The summed E-state index contributed by atoms with van der Waals surface area (Å²) in [5.74, 6) is -0.448. The van der Waals surface area contributed by atoms with Gasteiger partial charge in [0, 0.05) is 23.2 Å². The summed E-state index contributed by atoms with van der Waals surface area (Å²) in [5.41, 5.74) is 1.48. The van der Waals surface area contributed by atoms with Crippen LogP contribution in [0.25, 0.3) is 21.9 Å². The van der Waals surface area contributed by atoms with Gasteiger partial charge in [-0.2, -0.15) is 0 Å². The first-order chi connectivity index (χ1) is 6.84. The maximum absolute atomic E-state index is 10.9. The lowest BCUT2D eigenvalue weighted by molar-refractivity contribution is 0.532. The van der Waals surface area contributed by atoms with E-state index in [9.17, 15) is 4.79 Å². The van der Waals surface area contributed by atoms with Crippen LogP contribution in [0.15, 0.2) is 39.8 Å². The van der Waals surface area contributed by atoms with Crippen LogP contribution in [0.1, 0.15) is 0 Å². The van der Waals surface area contributed by atoms with Gasteiger partial charge in [0.15, 0.2) is 0 Å². The fraction of sp³-hybridized carbons (Fsp3) is 0. The van der Waals surface area contributed by atoms with Crippen LogP contribution in [-0.2, 0) is 0 Å². The number of rotatable bonds is 0. The number of hydrogen-bond acceptors (Lipinski definition) is 3. The molecule has 0 radical (unpaired) electrons. The predicted molar refractivity (Wildman–Crippen MR) is 52.1 cm³/mol. The third-order valence-electron chi connectivity index (χ3n) is 2.22. The number of benzene rings is 1. The second kappa shape index (κ2) is 2.45. The van der Waals surface area contributed by atoms with Crippen LogP contribution < -0.4 is 5.76 Å². The fourth-order valence-corrected chi connectivity index (χ4v) is 1.58. The quantitative estimate of drug-likeness (QED) is 0.581. The zero-order valence-electron chi connectivity index (χ0n) is 7.15. The summed E-state index contributed by atoms with van der Waals surface area (Å²) in [4.78, 5) is 17.6. The topological polar surface area (TPSA) is 58.9 Å². The van der Waals surface area contributed by atoms with Crippen LogP contribution >= 0.6 is 0 Å². The van der Waals surface area contributed by atoms with Crippen molar-refractivity contribution in [1.29, 1.82) is 0 Å². The molecule has 0 bridgehead atoms. The van der Waals surface area contributed by atoms with Crippen molar-refractivity contribution in [2.45, 2.75) is 0 Å². The van der Waals surface area contributed by atoms with E-state index >= 15 is 0 Å². The number of H-pyrrole nitrogens is 1. The second-order valence-corrected chi connectivity index (χ2v) is 3.03. The Balaban J connectivity index is 2.63. The Morgan fingerprint density at radius 1 is 1.21 bits per heavy atom. The largest absolute Gasteiger partial charge is 0.416 e. The lowest BCUT2D eigenvalue weighted by atomic mass is 10.2. The Labute approximate surface area is 78.2 Å². The average Bonchev–Trinajstić information content (AvgIpc) is 2.65. The second-order valence-electron chi connectivity index (χ2n) is 3.03. The van der Waals surface area contributed by atoms with Gasteiger partial charge in [0.2, 0.25) is 0 Å². The van der Waals surface area contributed by atoms with Gasteiger partial charge < -0.3 is 4.42 Å².